The summed E-state index contributed by atoms with van der Waals surface area (Å²) in [6.45, 7) is 5.02. The first-order valence-electron chi connectivity index (χ1n) is 7.21. The van der Waals surface area contributed by atoms with Gasteiger partial charge in [-0.15, -0.1) is 0 Å². The number of carbonyl (C=O) groups is 1. The Bertz CT molecular complexity index is 464. The minimum absolute atomic E-state index is 0.0154. The van der Waals surface area contributed by atoms with Gasteiger partial charge in [0.15, 0.2) is 0 Å². The minimum Gasteiger partial charge on any atom is -0.384 e. The molecule has 0 atom stereocenters. The molecule has 110 valence electrons. The van der Waals surface area contributed by atoms with Crippen LogP contribution in [0, 0.1) is 5.92 Å². The van der Waals surface area contributed by atoms with E-state index in [4.69, 9.17) is 17.3 Å². The molecule has 0 unspecified atom stereocenters. The van der Waals surface area contributed by atoms with Crippen molar-refractivity contribution in [2.75, 3.05) is 12.3 Å². The van der Waals surface area contributed by atoms with Crippen LogP contribution in [0.1, 0.15) is 49.9 Å². The first kappa shape index (κ1) is 15.1. The highest BCUT2D eigenvalue weighted by molar-refractivity contribution is 6.29. The van der Waals surface area contributed by atoms with E-state index in [2.05, 4.69) is 18.8 Å². The smallest absolute Gasteiger partial charge is 0.254 e. The van der Waals surface area contributed by atoms with Gasteiger partial charge in [-0.2, -0.15) is 0 Å². The van der Waals surface area contributed by atoms with Crippen LogP contribution in [-0.4, -0.2) is 28.4 Å². The van der Waals surface area contributed by atoms with Crippen molar-refractivity contribution in [2.24, 2.45) is 5.92 Å². The van der Waals surface area contributed by atoms with E-state index < -0.39 is 0 Å². The van der Waals surface area contributed by atoms with Gasteiger partial charge < -0.3 is 10.6 Å². The van der Waals surface area contributed by atoms with Crippen LogP contribution in [0.3, 0.4) is 0 Å². The van der Waals surface area contributed by atoms with Crippen LogP contribution >= 0.6 is 11.6 Å². The van der Waals surface area contributed by atoms with E-state index in [-0.39, 0.29) is 16.9 Å². The van der Waals surface area contributed by atoms with Crippen molar-refractivity contribution in [3.63, 3.8) is 0 Å². The molecule has 1 aromatic rings. The van der Waals surface area contributed by atoms with Crippen molar-refractivity contribution < 1.29 is 4.79 Å². The summed E-state index contributed by atoms with van der Waals surface area (Å²) in [5, 5.41) is 0.268. The summed E-state index contributed by atoms with van der Waals surface area (Å²) >= 11 is 5.90. The van der Waals surface area contributed by atoms with Gasteiger partial charge in [0.25, 0.3) is 5.91 Å². The van der Waals surface area contributed by atoms with E-state index >= 15 is 0 Å². The fourth-order valence-electron chi connectivity index (χ4n) is 2.81. The van der Waals surface area contributed by atoms with E-state index in [9.17, 15) is 4.79 Å². The maximum absolute atomic E-state index is 12.8. The van der Waals surface area contributed by atoms with E-state index in [1.54, 1.807) is 12.1 Å². The number of nitrogens with two attached hydrogens (primary N) is 1. The molecule has 0 aromatic carbocycles. The molecule has 1 aliphatic rings. The van der Waals surface area contributed by atoms with Crippen LogP contribution in [0.4, 0.5) is 5.82 Å². The highest BCUT2D eigenvalue weighted by Crippen LogP contribution is 2.26. The van der Waals surface area contributed by atoms with Crippen LogP contribution < -0.4 is 5.73 Å². The largest absolute Gasteiger partial charge is 0.384 e. The molecule has 2 N–H and O–H groups in total. The molecule has 1 amide bonds. The zero-order chi connectivity index (χ0) is 14.7. The summed E-state index contributed by atoms with van der Waals surface area (Å²) in [6, 6.07) is 3.55. The third-order valence-corrected chi connectivity index (χ3v) is 3.84. The molecule has 1 aromatic heterocycles. The number of aromatic nitrogens is 1. The topological polar surface area (TPSA) is 59.2 Å². The van der Waals surface area contributed by atoms with Gasteiger partial charge in [0.2, 0.25) is 0 Å². The summed E-state index contributed by atoms with van der Waals surface area (Å²) < 4.78 is 0. The van der Waals surface area contributed by atoms with E-state index in [1.807, 2.05) is 4.90 Å². The molecule has 0 aliphatic heterocycles. The highest BCUT2D eigenvalue weighted by atomic mass is 35.5. The van der Waals surface area contributed by atoms with Gasteiger partial charge in [0.05, 0.1) is 0 Å². The number of pyridine rings is 1. The monoisotopic (exact) mass is 295 g/mol. The average molecular weight is 296 g/mol. The lowest BCUT2D eigenvalue weighted by Gasteiger charge is -2.30. The van der Waals surface area contributed by atoms with Crippen molar-refractivity contribution in [1.29, 1.82) is 0 Å². The molecule has 0 radical (unpaired) electrons. The second-order valence-corrected chi connectivity index (χ2v) is 6.28. The molecule has 20 heavy (non-hydrogen) atoms. The molecule has 5 heteroatoms. The van der Waals surface area contributed by atoms with Gasteiger partial charge >= 0.3 is 0 Å². The number of hydrogen-bond donors (Lipinski definition) is 1. The quantitative estimate of drug-likeness (QED) is 0.867. The number of carbonyl (C=O) groups excluding carboxylic acids is 1. The predicted octanol–water partition coefficient (Wildman–Crippen LogP) is 3.36. The van der Waals surface area contributed by atoms with Crippen molar-refractivity contribution in [2.45, 2.75) is 45.6 Å². The Morgan fingerprint density at radius 3 is 2.65 bits per heavy atom. The molecule has 0 saturated heterocycles. The molecule has 1 heterocycles. The van der Waals surface area contributed by atoms with E-state index in [0.717, 1.165) is 19.4 Å². The van der Waals surface area contributed by atoms with Crippen molar-refractivity contribution in [3.8, 4) is 0 Å². The molecular formula is C15H22ClN3O. The maximum atomic E-state index is 12.8. The van der Waals surface area contributed by atoms with Crippen molar-refractivity contribution in [3.05, 3.63) is 22.8 Å². The Morgan fingerprint density at radius 2 is 2.10 bits per heavy atom. The van der Waals surface area contributed by atoms with Gasteiger partial charge in [-0.3, -0.25) is 4.79 Å². The summed E-state index contributed by atoms with van der Waals surface area (Å²) in [6.07, 6.45) is 4.58. The lowest BCUT2D eigenvalue weighted by molar-refractivity contribution is 0.0655. The van der Waals surface area contributed by atoms with E-state index in [1.165, 1.54) is 12.8 Å². The normalized spacial score (nSPS) is 15.8. The number of hydrogen-bond acceptors (Lipinski definition) is 3. The zero-order valence-corrected chi connectivity index (χ0v) is 12.9. The third-order valence-electron chi connectivity index (χ3n) is 3.65. The molecule has 0 bridgehead atoms. The number of anilines is 1. The summed E-state index contributed by atoms with van der Waals surface area (Å²) in [5.41, 5.74) is 6.22. The zero-order valence-electron chi connectivity index (χ0n) is 12.1. The maximum Gasteiger partial charge on any atom is 0.254 e. The van der Waals surface area contributed by atoms with Gasteiger partial charge in [0, 0.05) is 18.2 Å². The van der Waals surface area contributed by atoms with Crippen LogP contribution in [0.2, 0.25) is 5.15 Å². The van der Waals surface area contributed by atoms with Crippen LogP contribution in [0.5, 0.6) is 0 Å². The summed E-state index contributed by atoms with van der Waals surface area (Å²) in [7, 11) is 0. The summed E-state index contributed by atoms with van der Waals surface area (Å²) in [5.74, 6) is 0.743. The Labute approximate surface area is 125 Å². The van der Waals surface area contributed by atoms with Crippen LogP contribution in [0.25, 0.3) is 0 Å². The Morgan fingerprint density at radius 1 is 1.45 bits per heavy atom. The molecule has 0 spiro atoms. The minimum atomic E-state index is 0.0154. The molecule has 4 nitrogen and oxygen atoms in total. The van der Waals surface area contributed by atoms with Crippen molar-refractivity contribution in [1.82, 2.24) is 9.88 Å². The predicted molar refractivity (Wildman–Crippen MR) is 81.8 cm³/mol. The molecule has 2 rings (SSSR count). The SMILES string of the molecule is CC(C)CN(C(=O)c1cc(N)nc(Cl)c1)C1CCCC1. The Kier molecular flexibility index (Phi) is 4.86. The molecule has 1 aliphatic carbocycles. The van der Waals surface area contributed by atoms with Gasteiger partial charge in [0.1, 0.15) is 11.0 Å². The second kappa shape index (κ2) is 6.44. The fourth-order valence-corrected chi connectivity index (χ4v) is 3.03. The first-order valence-corrected chi connectivity index (χ1v) is 7.59. The number of amides is 1. The van der Waals surface area contributed by atoms with E-state index in [0.29, 0.717) is 17.5 Å². The lowest BCUT2D eigenvalue weighted by atomic mass is 10.1. The summed E-state index contributed by atoms with van der Waals surface area (Å²) in [4.78, 5) is 18.7. The molecule has 1 saturated carbocycles. The number of rotatable bonds is 4. The van der Waals surface area contributed by atoms with Gasteiger partial charge in [-0.1, -0.05) is 38.3 Å². The Hall–Kier alpha value is -1.29. The number of halogens is 1. The van der Waals surface area contributed by atoms with Gasteiger partial charge in [-0.25, -0.2) is 4.98 Å². The van der Waals surface area contributed by atoms with Crippen LogP contribution in [0.15, 0.2) is 12.1 Å². The fraction of sp³-hybridized carbons (Fsp3) is 0.600. The lowest BCUT2D eigenvalue weighted by Crippen LogP contribution is -2.41. The first-order chi connectivity index (χ1) is 9.47. The standard InChI is InChI=1S/C15H22ClN3O/c1-10(2)9-19(12-5-3-4-6-12)15(20)11-7-13(16)18-14(17)8-11/h7-8,10,12H,3-6,9H2,1-2H3,(H2,17,18). The van der Waals surface area contributed by atoms with Crippen LogP contribution in [-0.2, 0) is 0 Å². The second-order valence-electron chi connectivity index (χ2n) is 5.89. The molecular weight excluding hydrogens is 274 g/mol. The van der Waals surface area contributed by atoms with Gasteiger partial charge in [-0.05, 0) is 30.9 Å². The Balaban J connectivity index is 2.24. The third kappa shape index (κ3) is 3.63. The number of nitrogens with zero attached hydrogens (tertiary/aromatic N) is 2. The number of nitrogen functional groups attached to an aromatic ring is 1. The molecule has 1 fully saturated rings. The van der Waals surface area contributed by atoms with Crippen molar-refractivity contribution >= 4 is 23.3 Å². The average Bonchev–Trinajstić information content (AvgIpc) is 2.87. The highest BCUT2D eigenvalue weighted by Gasteiger charge is 2.28.